The molecule has 0 aliphatic heterocycles. The Morgan fingerprint density at radius 2 is 0.867 bits per heavy atom. The minimum absolute atomic E-state index is 0.417. The molecule has 15 heavy (non-hydrogen) atoms. The van der Waals surface area contributed by atoms with Gasteiger partial charge < -0.3 is 0 Å². The van der Waals surface area contributed by atoms with Crippen molar-refractivity contribution < 1.29 is 0 Å². The molecule has 0 atom stereocenters. The third kappa shape index (κ3) is 4.57. The highest BCUT2D eigenvalue weighted by Crippen LogP contribution is 2.28. The van der Waals surface area contributed by atoms with E-state index in [1.807, 2.05) is 36.4 Å². The zero-order valence-corrected chi connectivity index (χ0v) is 10.1. The molecule has 0 N–H and O–H groups in total. The van der Waals surface area contributed by atoms with Gasteiger partial charge in [0.2, 0.25) is 0 Å². The lowest BCUT2D eigenvalue weighted by atomic mass is 10.4. The Hall–Kier alpha value is -0.690. The van der Waals surface area contributed by atoms with E-state index >= 15 is 0 Å². The smallest absolute Gasteiger partial charge is 0.0778 e. The summed E-state index contributed by atoms with van der Waals surface area (Å²) >= 11 is 16.8. The monoisotopic (exact) mass is 258 g/mol. The van der Waals surface area contributed by atoms with Crippen molar-refractivity contribution >= 4 is 34.8 Å². The molecule has 0 saturated heterocycles. The Bertz CT molecular complexity index is 352. The van der Waals surface area contributed by atoms with E-state index in [1.165, 1.54) is 0 Å². The van der Waals surface area contributed by atoms with Crippen LogP contribution in [0.25, 0.3) is 0 Å². The van der Waals surface area contributed by atoms with Crippen molar-refractivity contribution in [3.63, 3.8) is 0 Å². The molecule has 0 unspecified atom stereocenters. The largest absolute Gasteiger partial charge is 0.0827 e. The Morgan fingerprint density at radius 3 is 1.13 bits per heavy atom. The first-order valence-corrected chi connectivity index (χ1v) is 5.44. The Morgan fingerprint density at radius 1 is 0.533 bits per heavy atom. The fourth-order valence-electron chi connectivity index (χ4n) is 0.862. The highest BCUT2D eigenvalue weighted by Gasteiger charge is 1.98. The summed E-state index contributed by atoms with van der Waals surface area (Å²) in [6.45, 7) is 0. The van der Waals surface area contributed by atoms with Crippen LogP contribution in [0.4, 0.5) is 0 Å². The molecule has 0 aromatic heterocycles. The minimum atomic E-state index is 0.417. The van der Waals surface area contributed by atoms with E-state index in [0.717, 1.165) is 0 Å². The maximum Gasteiger partial charge on any atom is 0.0778 e. The average Bonchev–Trinajstić information content (AvgIpc) is 2.29. The van der Waals surface area contributed by atoms with Crippen molar-refractivity contribution in [3.8, 4) is 0 Å². The third-order valence-electron chi connectivity index (χ3n) is 1.57. The summed E-state index contributed by atoms with van der Waals surface area (Å²) in [7, 11) is 0. The molecule has 0 bridgehead atoms. The zero-order chi connectivity index (χ0) is 11.1. The second kappa shape index (κ2) is 6.73. The molecule has 3 heteroatoms. The van der Waals surface area contributed by atoms with Crippen molar-refractivity contribution in [3.05, 3.63) is 69.7 Å². The van der Waals surface area contributed by atoms with Gasteiger partial charge in [0.25, 0.3) is 0 Å². The van der Waals surface area contributed by atoms with Gasteiger partial charge in [-0.05, 0) is 12.1 Å². The molecule has 0 aliphatic carbocycles. The van der Waals surface area contributed by atoms with Gasteiger partial charge in [0, 0.05) is 0 Å². The first-order valence-electron chi connectivity index (χ1n) is 4.31. The summed E-state index contributed by atoms with van der Waals surface area (Å²) in [6.07, 6.45) is 0. The zero-order valence-electron chi connectivity index (χ0n) is 7.83. The molecule has 0 amide bonds. The van der Waals surface area contributed by atoms with Crippen LogP contribution in [0.2, 0.25) is 15.1 Å². The van der Waals surface area contributed by atoms with Crippen LogP contribution in [0.3, 0.4) is 0 Å². The molecule has 0 nitrogen and oxygen atoms in total. The Labute approximate surface area is 104 Å². The van der Waals surface area contributed by atoms with E-state index in [9.17, 15) is 0 Å². The molecular formula is C12H9Cl3. The first-order chi connectivity index (χ1) is 7.22. The summed E-state index contributed by atoms with van der Waals surface area (Å²) in [4.78, 5) is 0. The minimum Gasteiger partial charge on any atom is -0.0827 e. The van der Waals surface area contributed by atoms with Crippen LogP contribution in [-0.2, 0) is 0 Å². The summed E-state index contributed by atoms with van der Waals surface area (Å²) < 4.78 is 0. The van der Waals surface area contributed by atoms with Crippen LogP contribution in [-0.4, -0.2) is 0 Å². The number of rotatable bonds is 0. The molecule has 78 valence electrons. The molecule has 2 rings (SSSR count). The van der Waals surface area contributed by atoms with Gasteiger partial charge in [-0.25, -0.2) is 0 Å². The molecule has 0 spiro atoms. The highest BCUT2D eigenvalue weighted by atomic mass is 35.5. The second-order valence-corrected chi connectivity index (χ2v) is 3.88. The van der Waals surface area contributed by atoms with Crippen LogP contribution in [0, 0.1) is 0 Å². The van der Waals surface area contributed by atoms with Gasteiger partial charge in [-0.2, -0.15) is 0 Å². The van der Waals surface area contributed by atoms with Crippen LogP contribution < -0.4 is 0 Å². The fraction of sp³-hybridized carbons (Fsp3) is 0. The van der Waals surface area contributed by atoms with Crippen molar-refractivity contribution in [2.75, 3.05) is 0 Å². The lowest BCUT2D eigenvalue weighted by Crippen LogP contribution is -1.67. The lowest BCUT2D eigenvalue weighted by molar-refractivity contribution is 1.70. The third-order valence-corrected chi connectivity index (χ3v) is 2.80. The topological polar surface area (TPSA) is 0 Å². The molecule has 2 aromatic rings. The summed E-state index contributed by atoms with van der Waals surface area (Å²) in [5, 5.41) is 1.40. The Balaban J connectivity index is 0.000000162. The van der Waals surface area contributed by atoms with Crippen LogP contribution in [0.5, 0.6) is 0 Å². The van der Waals surface area contributed by atoms with Crippen molar-refractivity contribution in [2.24, 2.45) is 0 Å². The maximum atomic E-state index is 5.61. The number of hydrogen-bond acceptors (Lipinski definition) is 0. The summed E-state index contributed by atoms with van der Waals surface area (Å²) in [6, 6.07) is 17.1. The molecule has 0 heterocycles. The van der Waals surface area contributed by atoms with Crippen molar-refractivity contribution in [1.29, 1.82) is 0 Å². The van der Waals surface area contributed by atoms with Gasteiger partial charge in [-0.3, -0.25) is 0 Å². The van der Waals surface area contributed by atoms with Gasteiger partial charge in [-0.1, -0.05) is 77.3 Å². The van der Waals surface area contributed by atoms with E-state index in [-0.39, 0.29) is 0 Å². The predicted molar refractivity (Wildman–Crippen MR) is 67.9 cm³/mol. The van der Waals surface area contributed by atoms with Gasteiger partial charge >= 0.3 is 0 Å². The second-order valence-electron chi connectivity index (χ2n) is 2.69. The predicted octanol–water partition coefficient (Wildman–Crippen LogP) is 5.33. The molecule has 2 aromatic carbocycles. The normalized spacial score (nSPS) is 9.00. The van der Waals surface area contributed by atoms with Crippen molar-refractivity contribution in [2.45, 2.75) is 0 Å². The van der Waals surface area contributed by atoms with E-state index in [4.69, 9.17) is 34.8 Å². The SMILES string of the molecule is Clc1cccc(Cl)c1Cl.c1ccccc1. The van der Waals surface area contributed by atoms with Crippen LogP contribution in [0.15, 0.2) is 54.6 Å². The van der Waals surface area contributed by atoms with Gasteiger partial charge in [0.1, 0.15) is 0 Å². The molecule has 0 fully saturated rings. The van der Waals surface area contributed by atoms with E-state index in [2.05, 4.69) is 0 Å². The molecule has 0 saturated carbocycles. The lowest BCUT2D eigenvalue weighted by Gasteiger charge is -1.94. The van der Waals surface area contributed by atoms with Gasteiger partial charge in [0.15, 0.2) is 0 Å². The van der Waals surface area contributed by atoms with E-state index < -0.39 is 0 Å². The van der Waals surface area contributed by atoms with E-state index in [1.54, 1.807) is 18.2 Å². The Kier molecular flexibility index (Phi) is 5.56. The van der Waals surface area contributed by atoms with Crippen molar-refractivity contribution in [1.82, 2.24) is 0 Å². The maximum absolute atomic E-state index is 5.61. The van der Waals surface area contributed by atoms with E-state index in [0.29, 0.717) is 15.1 Å². The standard InChI is InChI=1S/C6H3Cl3.C6H6/c7-4-2-1-3-5(8)6(4)9;1-2-4-6-5-3-1/h1-3H;1-6H. The summed E-state index contributed by atoms with van der Waals surface area (Å²) in [5.41, 5.74) is 0. The molecular weight excluding hydrogens is 250 g/mol. The first kappa shape index (κ1) is 12.4. The molecule has 0 aliphatic rings. The highest BCUT2D eigenvalue weighted by molar-refractivity contribution is 6.47. The summed E-state index contributed by atoms with van der Waals surface area (Å²) in [5.74, 6) is 0. The van der Waals surface area contributed by atoms with Crippen LogP contribution >= 0.6 is 34.8 Å². The number of halogens is 3. The number of hydrogen-bond donors (Lipinski definition) is 0. The quantitative estimate of drug-likeness (QED) is 0.561. The number of benzene rings is 2. The molecule has 0 radical (unpaired) electrons. The van der Waals surface area contributed by atoms with Crippen LogP contribution in [0.1, 0.15) is 0 Å². The average molecular weight is 260 g/mol. The van der Waals surface area contributed by atoms with Gasteiger partial charge in [-0.15, -0.1) is 0 Å². The fourth-order valence-corrected chi connectivity index (χ4v) is 1.39. The van der Waals surface area contributed by atoms with Gasteiger partial charge in [0.05, 0.1) is 15.1 Å².